The van der Waals surface area contributed by atoms with Gasteiger partial charge in [-0.15, -0.1) is 0 Å². The lowest BCUT2D eigenvalue weighted by molar-refractivity contribution is 0.124. The summed E-state index contributed by atoms with van der Waals surface area (Å²) < 4.78 is 0. The molecule has 1 aromatic rings. The average Bonchev–Trinajstić information content (AvgIpc) is 2.85. The molecule has 1 heterocycles. The maximum atomic E-state index is 9.98. The first kappa shape index (κ1) is 12.4. The first-order valence-corrected chi connectivity index (χ1v) is 6.37. The molecule has 2 N–H and O–H groups in total. The van der Waals surface area contributed by atoms with Crippen LogP contribution in [0.25, 0.3) is 0 Å². The van der Waals surface area contributed by atoms with Gasteiger partial charge in [-0.1, -0.05) is 25.1 Å². The van der Waals surface area contributed by atoms with Crippen molar-refractivity contribution in [3.8, 4) is 5.75 Å². The number of aliphatic hydroxyl groups is 1. The van der Waals surface area contributed by atoms with Crippen LogP contribution in [0, 0.1) is 5.92 Å². The molecule has 1 saturated heterocycles. The summed E-state index contributed by atoms with van der Waals surface area (Å²) in [5, 5.41) is 19.4. The Morgan fingerprint density at radius 1 is 1.24 bits per heavy atom. The third-order valence-corrected chi connectivity index (χ3v) is 3.62. The van der Waals surface area contributed by atoms with Crippen LogP contribution in [0.2, 0.25) is 0 Å². The van der Waals surface area contributed by atoms with Crippen molar-refractivity contribution in [2.24, 2.45) is 5.92 Å². The molecule has 0 bridgehead atoms. The van der Waals surface area contributed by atoms with Gasteiger partial charge in [-0.2, -0.15) is 0 Å². The van der Waals surface area contributed by atoms with Crippen LogP contribution in [0.3, 0.4) is 0 Å². The third-order valence-electron chi connectivity index (χ3n) is 3.62. The Bertz CT molecular complexity index is 361. The molecule has 2 rings (SSSR count). The summed E-state index contributed by atoms with van der Waals surface area (Å²) in [6.45, 7) is 4.30. The minimum absolute atomic E-state index is 0.128. The smallest absolute Gasteiger partial charge is 0.120 e. The lowest BCUT2D eigenvalue weighted by Crippen LogP contribution is -2.32. The van der Waals surface area contributed by atoms with Crippen LogP contribution in [0.1, 0.15) is 31.4 Å². The van der Waals surface area contributed by atoms with Gasteiger partial charge in [0.2, 0.25) is 0 Å². The molecule has 94 valence electrons. The van der Waals surface area contributed by atoms with Crippen molar-refractivity contribution in [2.45, 2.75) is 25.8 Å². The number of rotatable bonds is 4. The Hall–Kier alpha value is -1.06. The van der Waals surface area contributed by atoms with Gasteiger partial charge >= 0.3 is 0 Å². The van der Waals surface area contributed by atoms with Gasteiger partial charge in [0.05, 0.1) is 0 Å². The summed E-state index contributed by atoms with van der Waals surface area (Å²) >= 11 is 0. The summed E-state index contributed by atoms with van der Waals surface area (Å²) in [6.07, 6.45) is 2.42. The maximum absolute atomic E-state index is 9.98. The normalized spacial score (nSPS) is 20.4. The molecule has 1 aliphatic heterocycles. The fourth-order valence-corrected chi connectivity index (χ4v) is 2.72. The molecule has 1 fully saturated rings. The second-order valence-corrected chi connectivity index (χ2v) is 4.91. The lowest BCUT2D eigenvalue weighted by atomic mass is 9.93. The van der Waals surface area contributed by atoms with Crippen LogP contribution < -0.4 is 0 Å². The van der Waals surface area contributed by atoms with Gasteiger partial charge in [0, 0.05) is 18.2 Å². The summed E-state index contributed by atoms with van der Waals surface area (Å²) in [4.78, 5) is 2.37. The molecule has 0 spiro atoms. The first-order valence-electron chi connectivity index (χ1n) is 6.37. The van der Waals surface area contributed by atoms with Crippen molar-refractivity contribution in [1.82, 2.24) is 4.90 Å². The monoisotopic (exact) mass is 235 g/mol. The highest BCUT2D eigenvalue weighted by Gasteiger charge is 2.29. The number of likely N-dealkylation sites (tertiary alicyclic amines) is 1. The van der Waals surface area contributed by atoms with Crippen LogP contribution in [-0.2, 0) is 0 Å². The third kappa shape index (κ3) is 2.61. The lowest BCUT2D eigenvalue weighted by Gasteiger charge is -2.32. The van der Waals surface area contributed by atoms with E-state index in [9.17, 15) is 10.2 Å². The molecule has 0 aliphatic carbocycles. The molecule has 3 heteroatoms. The van der Waals surface area contributed by atoms with Gasteiger partial charge in [0.25, 0.3) is 0 Å². The number of phenolic OH excluding ortho intramolecular Hbond substituents is 1. The second-order valence-electron chi connectivity index (χ2n) is 4.91. The number of hydrogen-bond acceptors (Lipinski definition) is 3. The van der Waals surface area contributed by atoms with E-state index in [1.165, 1.54) is 12.8 Å². The molecule has 1 aromatic carbocycles. The van der Waals surface area contributed by atoms with E-state index in [-0.39, 0.29) is 18.6 Å². The van der Waals surface area contributed by atoms with E-state index >= 15 is 0 Å². The zero-order valence-corrected chi connectivity index (χ0v) is 10.3. The highest BCUT2D eigenvalue weighted by atomic mass is 16.3. The number of para-hydroxylation sites is 1. The molecule has 3 nitrogen and oxygen atoms in total. The van der Waals surface area contributed by atoms with Gasteiger partial charge in [0.1, 0.15) is 5.75 Å². The molecule has 0 radical (unpaired) electrons. The predicted molar refractivity (Wildman–Crippen MR) is 67.9 cm³/mol. The zero-order chi connectivity index (χ0) is 12.3. The number of benzene rings is 1. The number of aliphatic hydroxyl groups excluding tert-OH is 1. The summed E-state index contributed by atoms with van der Waals surface area (Å²) in [6, 6.07) is 7.60. The maximum Gasteiger partial charge on any atom is 0.120 e. The van der Waals surface area contributed by atoms with E-state index in [0.29, 0.717) is 5.75 Å². The Labute approximate surface area is 103 Å². The predicted octanol–water partition coefficient (Wildman–Crippen LogP) is 2.16. The van der Waals surface area contributed by atoms with Crippen LogP contribution in [-0.4, -0.2) is 34.8 Å². The van der Waals surface area contributed by atoms with Crippen LogP contribution in [0.5, 0.6) is 5.75 Å². The molecule has 17 heavy (non-hydrogen) atoms. The largest absolute Gasteiger partial charge is 0.508 e. The first-order chi connectivity index (χ1) is 8.24. The van der Waals surface area contributed by atoms with Crippen molar-refractivity contribution in [3.05, 3.63) is 29.8 Å². The van der Waals surface area contributed by atoms with Crippen molar-refractivity contribution >= 4 is 0 Å². The molecular weight excluding hydrogens is 214 g/mol. The number of phenols is 1. The van der Waals surface area contributed by atoms with Gasteiger partial charge in [-0.3, -0.25) is 4.90 Å². The van der Waals surface area contributed by atoms with Crippen LogP contribution >= 0.6 is 0 Å². The Kier molecular flexibility index (Phi) is 4.02. The summed E-state index contributed by atoms with van der Waals surface area (Å²) in [5.74, 6) is 0.478. The molecule has 0 saturated carbocycles. The molecular formula is C14H21NO2. The number of aromatic hydroxyl groups is 1. The Morgan fingerprint density at radius 2 is 1.88 bits per heavy atom. The van der Waals surface area contributed by atoms with E-state index in [2.05, 4.69) is 4.90 Å². The van der Waals surface area contributed by atoms with Gasteiger partial charge in [-0.05, 0) is 37.9 Å². The molecule has 2 atom stereocenters. The van der Waals surface area contributed by atoms with E-state index in [1.807, 2.05) is 25.1 Å². The molecule has 1 aliphatic rings. The van der Waals surface area contributed by atoms with E-state index in [0.717, 1.165) is 18.7 Å². The Balaban J connectivity index is 2.29. The van der Waals surface area contributed by atoms with E-state index in [4.69, 9.17) is 0 Å². The zero-order valence-electron chi connectivity index (χ0n) is 10.3. The molecule has 0 amide bonds. The van der Waals surface area contributed by atoms with Crippen LogP contribution in [0.15, 0.2) is 24.3 Å². The van der Waals surface area contributed by atoms with Gasteiger partial charge in [-0.25, -0.2) is 0 Å². The average molecular weight is 235 g/mol. The van der Waals surface area contributed by atoms with E-state index in [1.54, 1.807) is 6.07 Å². The van der Waals surface area contributed by atoms with Crippen molar-refractivity contribution in [3.63, 3.8) is 0 Å². The SMILES string of the molecule is CC(CO)C(c1ccccc1O)N1CCCC1. The summed E-state index contributed by atoms with van der Waals surface area (Å²) in [5.41, 5.74) is 0.941. The van der Waals surface area contributed by atoms with Crippen LogP contribution in [0.4, 0.5) is 0 Å². The fraction of sp³-hybridized carbons (Fsp3) is 0.571. The summed E-state index contributed by atoms with van der Waals surface area (Å²) in [7, 11) is 0. The minimum Gasteiger partial charge on any atom is -0.508 e. The van der Waals surface area contributed by atoms with Gasteiger partial charge in [0.15, 0.2) is 0 Å². The topological polar surface area (TPSA) is 43.7 Å². The fourth-order valence-electron chi connectivity index (χ4n) is 2.72. The Morgan fingerprint density at radius 3 is 2.47 bits per heavy atom. The minimum atomic E-state index is 0.128. The highest BCUT2D eigenvalue weighted by molar-refractivity contribution is 5.35. The van der Waals surface area contributed by atoms with Crippen molar-refractivity contribution in [2.75, 3.05) is 19.7 Å². The van der Waals surface area contributed by atoms with Gasteiger partial charge < -0.3 is 10.2 Å². The van der Waals surface area contributed by atoms with Crippen molar-refractivity contribution in [1.29, 1.82) is 0 Å². The van der Waals surface area contributed by atoms with E-state index < -0.39 is 0 Å². The second kappa shape index (κ2) is 5.52. The van der Waals surface area contributed by atoms with Crippen molar-refractivity contribution < 1.29 is 10.2 Å². The quantitative estimate of drug-likeness (QED) is 0.840. The molecule has 0 aromatic heterocycles. The number of hydrogen-bond donors (Lipinski definition) is 2. The standard InChI is InChI=1S/C14H21NO2/c1-11(10-16)14(15-8-4-5-9-15)12-6-2-3-7-13(12)17/h2-3,6-7,11,14,16-17H,4-5,8-10H2,1H3. The molecule has 2 unspecified atom stereocenters. The highest BCUT2D eigenvalue weighted by Crippen LogP contribution is 2.35. The number of nitrogens with zero attached hydrogens (tertiary/aromatic N) is 1.